The van der Waals surface area contributed by atoms with Gasteiger partial charge in [0.1, 0.15) is 0 Å². The third-order valence-corrected chi connectivity index (χ3v) is 3.35. The number of halogens is 5. The van der Waals surface area contributed by atoms with Crippen molar-refractivity contribution in [1.82, 2.24) is 5.32 Å². The second-order valence-corrected chi connectivity index (χ2v) is 5.41. The molecule has 0 bridgehead atoms. The molecule has 0 saturated carbocycles. The number of alkyl halides is 5. The lowest BCUT2D eigenvalue weighted by Gasteiger charge is -2.28. The highest BCUT2D eigenvalue weighted by molar-refractivity contribution is 6.05. The number of benzene rings is 1. The van der Waals surface area contributed by atoms with Crippen LogP contribution in [0.5, 0.6) is 0 Å². The standard InChI is InChI=1S/C16H18F5NO4/c1-3-25-13(24)14(2,26-9-11-7-5-4-6-8-11)12(23)22-10-15(17,18)16(19,20)21/h4-8H,3,9-10H2,1-2H3,(H,22,23)/t14-/m0/s1. The Morgan fingerprint density at radius 3 is 2.15 bits per heavy atom. The topological polar surface area (TPSA) is 64.6 Å². The number of amides is 1. The van der Waals surface area contributed by atoms with Crippen LogP contribution in [0.2, 0.25) is 0 Å². The molecule has 0 saturated heterocycles. The highest BCUT2D eigenvalue weighted by Gasteiger charge is 2.58. The number of ether oxygens (including phenoxy) is 2. The Bertz CT molecular complexity index is 621. The fourth-order valence-corrected chi connectivity index (χ4v) is 1.75. The van der Waals surface area contributed by atoms with Crippen molar-refractivity contribution >= 4 is 11.9 Å². The van der Waals surface area contributed by atoms with Crippen molar-refractivity contribution in [2.24, 2.45) is 0 Å². The molecule has 146 valence electrons. The van der Waals surface area contributed by atoms with Gasteiger partial charge in [-0.05, 0) is 19.4 Å². The maximum Gasteiger partial charge on any atom is 0.455 e. The first-order valence-corrected chi connectivity index (χ1v) is 7.52. The van der Waals surface area contributed by atoms with E-state index in [1.54, 1.807) is 30.3 Å². The Morgan fingerprint density at radius 1 is 1.08 bits per heavy atom. The van der Waals surface area contributed by atoms with Gasteiger partial charge in [-0.15, -0.1) is 0 Å². The van der Waals surface area contributed by atoms with Gasteiger partial charge in [0.2, 0.25) is 5.60 Å². The van der Waals surface area contributed by atoms with Crippen molar-refractivity contribution in [2.75, 3.05) is 13.2 Å². The van der Waals surface area contributed by atoms with Crippen LogP contribution < -0.4 is 5.32 Å². The number of carbonyl (C=O) groups is 2. The fourth-order valence-electron chi connectivity index (χ4n) is 1.75. The molecule has 0 aliphatic heterocycles. The molecule has 0 radical (unpaired) electrons. The molecule has 5 nitrogen and oxygen atoms in total. The molecular formula is C16H18F5NO4. The predicted molar refractivity (Wildman–Crippen MR) is 80.3 cm³/mol. The first-order valence-electron chi connectivity index (χ1n) is 7.52. The SMILES string of the molecule is CCOC(=O)[C@@](C)(OCc1ccccc1)C(=O)NCC(F)(F)C(F)(F)F. The molecule has 26 heavy (non-hydrogen) atoms. The number of hydrogen-bond donors (Lipinski definition) is 1. The van der Waals surface area contributed by atoms with E-state index < -0.39 is 36.1 Å². The minimum Gasteiger partial charge on any atom is -0.463 e. The summed E-state index contributed by atoms with van der Waals surface area (Å²) in [5.41, 5.74) is -1.84. The van der Waals surface area contributed by atoms with Crippen molar-refractivity contribution in [1.29, 1.82) is 0 Å². The van der Waals surface area contributed by atoms with Gasteiger partial charge in [-0.3, -0.25) is 4.79 Å². The number of rotatable bonds is 8. The maximum atomic E-state index is 13.0. The molecule has 0 aliphatic carbocycles. The molecule has 0 fully saturated rings. The first kappa shape index (κ1) is 21.8. The van der Waals surface area contributed by atoms with Crippen LogP contribution in [0, 0.1) is 0 Å². The van der Waals surface area contributed by atoms with Crippen LogP contribution >= 0.6 is 0 Å². The van der Waals surface area contributed by atoms with Crippen molar-refractivity contribution in [3.8, 4) is 0 Å². The summed E-state index contributed by atoms with van der Waals surface area (Å²) in [6, 6.07) is 8.25. The molecule has 0 heterocycles. The van der Waals surface area contributed by atoms with Gasteiger partial charge in [-0.25, -0.2) is 4.79 Å². The lowest BCUT2D eigenvalue weighted by molar-refractivity contribution is -0.279. The van der Waals surface area contributed by atoms with Crippen LogP contribution in [-0.2, 0) is 25.7 Å². The van der Waals surface area contributed by atoms with E-state index in [4.69, 9.17) is 4.74 Å². The van der Waals surface area contributed by atoms with Crippen LogP contribution in [0.1, 0.15) is 19.4 Å². The van der Waals surface area contributed by atoms with Gasteiger partial charge >= 0.3 is 18.1 Å². The van der Waals surface area contributed by atoms with Gasteiger partial charge in [-0.1, -0.05) is 30.3 Å². The van der Waals surface area contributed by atoms with Crippen molar-refractivity contribution in [2.45, 2.75) is 38.2 Å². The summed E-state index contributed by atoms with van der Waals surface area (Å²) in [6.07, 6.45) is -5.84. The van der Waals surface area contributed by atoms with Crippen LogP contribution in [-0.4, -0.2) is 42.7 Å². The summed E-state index contributed by atoms with van der Waals surface area (Å²) >= 11 is 0. The second kappa shape index (κ2) is 8.43. The van der Waals surface area contributed by atoms with E-state index in [-0.39, 0.29) is 13.2 Å². The van der Waals surface area contributed by atoms with Gasteiger partial charge < -0.3 is 14.8 Å². The number of esters is 1. The monoisotopic (exact) mass is 383 g/mol. The third kappa shape index (κ3) is 5.38. The highest BCUT2D eigenvalue weighted by Crippen LogP contribution is 2.34. The van der Waals surface area contributed by atoms with Crippen LogP contribution in [0.4, 0.5) is 22.0 Å². The molecule has 1 rings (SSSR count). The van der Waals surface area contributed by atoms with E-state index >= 15 is 0 Å². The molecular weight excluding hydrogens is 365 g/mol. The minimum atomic E-state index is -5.84. The smallest absolute Gasteiger partial charge is 0.455 e. The predicted octanol–water partition coefficient (Wildman–Crippen LogP) is 2.84. The molecule has 1 atom stereocenters. The lowest BCUT2D eigenvalue weighted by Crippen LogP contribution is -2.56. The number of carbonyl (C=O) groups excluding carboxylic acids is 2. The number of nitrogens with one attached hydrogen (secondary N) is 1. The van der Waals surface area contributed by atoms with Crippen LogP contribution in [0.3, 0.4) is 0 Å². The van der Waals surface area contributed by atoms with Crippen LogP contribution in [0.25, 0.3) is 0 Å². The van der Waals surface area contributed by atoms with Crippen LogP contribution in [0.15, 0.2) is 30.3 Å². The Labute approximate surface area is 146 Å². The summed E-state index contributed by atoms with van der Waals surface area (Å²) in [7, 11) is 0. The Hall–Kier alpha value is -2.23. The van der Waals surface area contributed by atoms with E-state index in [2.05, 4.69) is 4.74 Å². The highest BCUT2D eigenvalue weighted by atomic mass is 19.4. The lowest BCUT2D eigenvalue weighted by atomic mass is 10.1. The number of hydrogen-bond acceptors (Lipinski definition) is 4. The third-order valence-electron chi connectivity index (χ3n) is 3.35. The van der Waals surface area contributed by atoms with E-state index in [1.165, 1.54) is 12.2 Å². The van der Waals surface area contributed by atoms with Gasteiger partial charge in [0.05, 0.1) is 19.8 Å². The van der Waals surface area contributed by atoms with E-state index in [9.17, 15) is 31.5 Å². The Morgan fingerprint density at radius 2 is 1.65 bits per heavy atom. The van der Waals surface area contributed by atoms with Gasteiger partial charge in [-0.2, -0.15) is 22.0 Å². The summed E-state index contributed by atoms with van der Waals surface area (Å²) in [4.78, 5) is 24.2. The molecule has 1 N–H and O–H groups in total. The molecule has 1 amide bonds. The summed E-state index contributed by atoms with van der Waals surface area (Å²) in [5, 5.41) is 1.41. The molecule has 0 aromatic heterocycles. The zero-order chi connectivity index (χ0) is 20.0. The molecule has 0 spiro atoms. The van der Waals surface area contributed by atoms with Crippen molar-refractivity contribution in [3.05, 3.63) is 35.9 Å². The molecule has 1 aromatic carbocycles. The normalized spacial score (nSPS) is 14.4. The summed E-state index contributed by atoms with van der Waals surface area (Å²) in [6.45, 7) is -0.0619. The largest absolute Gasteiger partial charge is 0.463 e. The first-order chi connectivity index (χ1) is 11.9. The van der Waals surface area contributed by atoms with Gasteiger partial charge in [0.25, 0.3) is 5.91 Å². The van der Waals surface area contributed by atoms with Crippen molar-refractivity contribution < 1.29 is 41.0 Å². The molecule has 0 aliphatic rings. The molecule has 1 aromatic rings. The Kier molecular flexibility index (Phi) is 7.08. The van der Waals surface area contributed by atoms with Crippen molar-refractivity contribution in [3.63, 3.8) is 0 Å². The average Bonchev–Trinajstić information content (AvgIpc) is 2.57. The minimum absolute atomic E-state index is 0.144. The fraction of sp³-hybridized carbons (Fsp3) is 0.500. The summed E-state index contributed by atoms with van der Waals surface area (Å²) < 4.78 is 72.5. The zero-order valence-corrected chi connectivity index (χ0v) is 14.0. The zero-order valence-electron chi connectivity index (χ0n) is 14.0. The average molecular weight is 383 g/mol. The van der Waals surface area contributed by atoms with E-state index in [0.29, 0.717) is 5.56 Å². The van der Waals surface area contributed by atoms with E-state index in [1.807, 2.05) is 0 Å². The van der Waals surface area contributed by atoms with E-state index in [0.717, 1.165) is 6.92 Å². The van der Waals surface area contributed by atoms with Gasteiger partial charge in [0, 0.05) is 0 Å². The quantitative estimate of drug-likeness (QED) is 0.426. The maximum absolute atomic E-state index is 13.0. The molecule has 10 heteroatoms. The Balaban J connectivity index is 2.90. The second-order valence-electron chi connectivity index (χ2n) is 5.41. The molecule has 0 unspecified atom stereocenters. The summed E-state index contributed by atoms with van der Waals surface area (Å²) in [5.74, 6) is -7.82. The van der Waals surface area contributed by atoms with Gasteiger partial charge in [0.15, 0.2) is 0 Å².